The van der Waals surface area contributed by atoms with Gasteiger partial charge in [0, 0.05) is 5.02 Å². The molecular weight excluding hydrogens is 242 g/mol. The summed E-state index contributed by atoms with van der Waals surface area (Å²) in [5, 5.41) is 8.80. The lowest BCUT2D eigenvalue weighted by Gasteiger charge is -2.13. The monoisotopic (exact) mass is 250 g/mol. The van der Waals surface area contributed by atoms with Gasteiger partial charge in [0.2, 0.25) is 0 Å². The van der Waals surface area contributed by atoms with E-state index in [4.69, 9.17) is 28.3 Å². The van der Waals surface area contributed by atoms with E-state index in [1.807, 2.05) is 0 Å². The van der Waals surface area contributed by atoms with E-state index in [0.717, 1.165) is 6.07 Å². The minimum absolute atomic E-state index is 0.101. The Balaban J connectivity index is 3.12. The molecule has 82 valence electrons. The Morgan fingerprint density at radius 3 is 2.67 bits per heavy atom. The minimum Gasteiger partial charge on any atom is -0.481 e. The van der Waals surface area contributed by atoms with Gasteiger partial charge in [-0.1, -0.05) is 30.1 Å². The van der Waals surface area contributed by atoms with Crippen LogP contribution in [0.5, 0.6) is 0 Å². The molecule has 5 heteroatoms. The lowest BCUT2D eigenvalue weighted by molar-refractivity contribution is -0.137. The molecule has 0 aliphatic heterocycles. The molecule has 0 spiro atoms. The van der Waals surface area contributed by atoms with Crippen molar-refractivity contribution >= 4 is 29.2 Å². The van der Waals surface area contributed by atoms with Crippen molar-refractivity contribution in [3.05, 3.63) is 33.6 Å². The molecule has 0 heterocycles. The number of hydrogen-bond donors (Lipinski definition) is 1. The number of carboxylic acid groups (broad SMARTS) is 1. The van der Waals surface area contributed by atoms with Gasteiger partial charge in [0.05, 0.1) is 11.4 Å². The molecule has 1 N–H and O–H groups in total. The zero-order valence-corrected chi connectivity index (χ0v) is 9.44. The van der Waals surface area contributed by atoms with Crippen LogP contribution in [0.25, 0.3) is 0 Å². The second-order valence-electron chi connectivity index (χ2n) is 3.26. The summed E-state index contributed by atoms with van der Waals surface area (Å²) in [6, 6.07) is 2.53. The zero-order chi connectivity index (χ0) is 11.6. The van der Waals surface area contributed by atoms with Crippen molar-refractivity contribution in [2.45, 2.75) is 19.3 Å². The van der Waals surface area contributed by atoms with Crippen molar-refractivity contribution in [1.29, 1.82) is 0 Å². The van der Waals surface area contributed by atoms with E-state index in [0.29, 0.717) is 5.56 Å². The normalized spacial score (nSPS) is 12.5. The Labute approximate surface area is 96.6 Å². The third-order valence-electron chi connectivity index (χ3n) is 2.05. The average Bonchev–Trinajstić information content (AvgIpc) is 2.11. The van der Waals surface area contributed by atoms with Gasteiger partial charge in [-0.15, -0.1) is 0 Å². The van der Waals surface area contributed by atoms with E-state index in [9.17, 15) is 9.18 Å². The number of aliphatic carboxylic acids is 1. The first-order valence-electron chi connectivity index (χ1n) is 4.28. The highest BCUT2D eigenvalue weighted by atomic mass is 35.5. The van der Waals surface area contributed by atoms with Crippen molar-refractivity contribution in [2.24, 2.45) is 0 Å². The Morgan fingerprint density at radius 2 is 2.13 bits per heavy atom. The molecule has 1 atom stereocenters. The maximum Gasteiger partial charge on any atom is 0.303 e. The van der Waals surface area contributed by atoms with Gasteiger partial charge in [0.15, 0.2) is 0 Å². The maximum atomic E-state index is 13.1. The average molecular weight is 251 g/mol. The molecule has 0 radical (unpaired) electrons. The largest absolute Gasteiger partial charge is 0.481 e. The van der Waals surface area contributed by atoms with Crippen molar-refractivity contribution in [1.82, 2.24) is 0 Å². The number of benzene rings is 1. The van der Waals surface area contributed by atoms with Crippen molar-refractivity contribution < 1.29 is 14.3 Å². The first-order valence-corrected chi connectivity index (χ1v) is 5.04. The molecule has 15 heavy (non-hydrogen) atoms. The van der Waals surface area contributed by atoms with Gasteiger partial charge in [-0.05, 0) is 23.6 Å². The van der Waals surface area contributed by atoms with Crippen molar-refractivity contribution in [3.8, 4) is 0 Å². The number of rotatable bonds is 3. The lowest BCUT2D eigenvalue weighted by Crippen LogP contribution is -2.04. The highest BCUT2D eigenvalue weighted by molar-refractivity contribution is 6.36. The Kier molecular flexibility index (Phi) is 3.94. The molecule has 1 aromatic rings. The first kappa shape index (κ1) is 12.3. The van der Waals surface area contributed by atoms with Crippen LogP contribution in [-0.4, -0.2) is 11.1 Å². The Hall–Kier alpha value is -0.800. The summed E-state index contributed by atoms with van der Waals surface area (Å²) in [5.41, 5.74) is 0.348. The number of halogens is 3. The van der Waals surface area contributed by atoms with Crippen LogP contribution in [0.2, 0.25) is 10.0 Å². The van der Waals surface area contributed by atoms with Crippen LogP contribution in [0.4, 0.5) is 4.39 Å². The molecule has 0 saturated carbocycles. The van der Waals surface area contributed by atoms with Gasteiger partial charge in [0.25, 0.3) is 0 Å². The second-order valence-corrected chi connectivity index (χ2v) is 4.04. The standard InChI is InChI=1S/C10H9Cl2FO2/c1-5(4-8(14)15)9-6(11)2-3-7(13)10(9)12/h2-3,5H,4H2,1H3,(H,14,15). The molecule has 0 saturated heterocycles. The lowest BCUT2D eigenvalue weighted by atomic mass is 9.97. The van der Waals surface area contributed by atoms with Crippen LogP contribution >= 0.6 is 23.2 Å². The fourth-order valence-corrected chi connectivity index (χ4v) is 2.10. The molecule has 0 fully saturated rings. The minimum atomic E-state index is -0.973. The summed E-state index contributed by atoms with van der Waals surface area (Å²) in [6.07, 6.45) is -0.136. The van der Waals surface area contributed by atoms with E-state index >= 15 is 0 Å². The van der Waals surface area contributed by atoms with Crippen molar-refractivity contribution in [3.63, 3.8) is 0 Å². The van der Waals surface area contributed by atoms with Crippen LogP contribution in [0.3, 0.4) is 0 Å². The summed E-state index contributed by atoms with van der Waals surface area (Å²) in [5.74, 6) is -1.98. The second kappa shape index (κ2) is 4.81. The first-order chi connectivity index (χ1) is 6.93. The predicted molar refractivity (Wildman–Crippen MR) is 57.1 cm³/mol. The van der Waals surface area contributed by atoms with E-state index in [1.54, 1.807) is 6.92 Å². The van der Waals surface area contributed by atoms with Crippen molar-refractivity contribution in [2.75, 3.05) is 0 Å². The van der Waals surface area contributed by atoms with E-state index in [2.05, 4.69) is 0 Å². The summed E-state index contributed by atoms with van der Waals surface area (Å²) in [7, 11) is 0. The smallest absolute Gasteiger partial charge is 0.303 e. The van der Waals surface area contributed by atoms with Crippen LogP contribution < -0.4 is 0 Å². The molecule has 1 unspecified atom stereocenters. The van der Waals surface area contributed by atoms with Gasteiger partial charge in [-0.3, -0.25) is 4.79 Å². The van der Waals surface area contributed by atoms with E-state index in [1.165, 1.54) is 6.07 Å². The highest BCUT2D eigenvalue weighted by Gasteiger charge is 2.19. The number of carboxylic acids is 1. The third-order valence-corrected chi connectivity index (χ3v) is 2.77. The molecule has 0 aliphatic rings. The molecule has 2 nitrogen and oxygen atoms in total. The Bertz CT molecular complexity index is 393. The quantitative estimate of drug-likeness (QED) is 0.831. The van der Waals surface area contributed by atoms with Crippen LogP contribution in [-0.2, 0) is 4.79 Å². The molecule has 0 amide bonds. The summed E-state index contributed by atoms with van der Waals surface area (Å²) in [4.78, 5) is 10.5. The van der Waals surface area contributed by atoms with Gasteiger partial charge >= 0.3 is 5.97 Å². The molecule has 1 rings (SSSR count). The zero-order valence-electron chi connectivity index (χ0n) is 7.93. The summed E-state index contributed by atoms with van der Waals surface area (Å²) < 4.78 is 13.1. The molecule has 0 aliphatic carbocycles. The Morgan fingerprint density at radius 1 is 1.53 bits per heavy atom. The molecule has 0 bridgehead atoms. The fourth-order valence-electron chi connectivity index (χ4n) is 1.36. The highest BCUT2D eigenvalue weighted by Crippen LogP contribution is 2.34. The van der Waals surface area contributed by atoms with Gasteiger partial charge in [-0.2, -0.15) is 0 Å². The van der Waals surface area contributed by atoms with Gasteiger partial charge in [-0.25, -0.2) is 4.39 Å². The van der Waals surface area contributed by atoms with Gasteiger partial charge < -0.3 is 5.11 Å². The van der Waals surface area contributed by atoms with Crippen LogP contribution in [0, 0.1) is 5.82 Å². The molecule has 0 aromatic heterocycles. The topological polar surface area (TPSA) is 37.3 Å². The number of carbonyl (C=O) groups is 1. The van der Waals surface area contributed by atoms with E-state index in [-0.39, 0.29) is 16.5 Å². The fraction of sp³-hybridized carbons (Fsp3) is 0.300. The summed E-state index contributed by atoms with van der Waals surface area (Å²) in [6.45, 7) is 1.64. The molecular formula is C10H9Cl2FO2. The van der Waals surface area contributed by atoms with Gasteiger partial charge in [0.1, 0.15) is 5.82 Å². The number of hydrogen-bond acceptors (Lipinski definition) is 1. The van der Waals surface area contributed by atoms with Crippen LogP contribution in [0.15, 0.2) is 12.1 Å². The van der Waals surface area contributed by atoms with E-state index < -0.39 is 17.7 Å². The maximum absolute atomic E-state index is 13.1. The van der Waals surface area contributed by atoms with Crippen LogP contribution in [0.1, 0.15) is 24.8 Å². The third kappa shape index (κ3) is 2.83. The molecule has 1 aromatic carbocycles. The predicted octanol–water partition coefficient (Wildman–Crippen LogP) is 3.71. The summed E-state index contributed by atoms with van der Waals surface area (Å²) >= 11 is 11.6. The SMILES string of the molecule is CC(CC(=O)O)c1c(Cl)ccc(F)c1Cl.